The second-order valence-electron chi connectivity index (χ2n) is 6.24. The number of aromatic nitrogens is 6. The molecule has 3 rings (SSSR count). The number of hydrogen-bond donors (Lipinski definition) is 1. The number of anilines is 1. The Morgan fingerprint density at radius 3 is 2.71 bits per heavy atom. The first-order valence-electron chi connectivity index (χ1n) is 6.85. The molecular formula is C14H19N7. The zero-order valence-corrected chi connectivity index (χ0v) is 12.6. The van der Waals surface area contributed by atoms with Crippen molar-refractivity contribution in [2.75, 3.05) is 5.32 Å². The molecule has 7 nitrogen and oxygen atoms in total. The van der Waals surface area contributed by atoms with Crippen LogP contribution in [0, 0.1) is 5.41 Å². The van der Waals surface area contributed by atoms with Crippen molar-refractivity contribution in [3.05, 3.63) is 36.4 Å². The maximum Gasteiger partial charge on any atom is 0.177 e. The number of rotatable bonds is 3. The number of fused-ring (bicyclic) bond motifs is 1. The van der Waals surface area contributed by atoms with Crippen LogP contribution in [-0.2, 0) is 7.05 Å². The van der Waals surface area contributed by atoms with Gasteiger partial charge in [0.15, 0.2) is 5.65 Å². The van der Waals surface area contributed by atoms with Crippen LogP contribution in [0.15, 0.2) is 30.9 Å². The lowest BCUT2D eigenvalue weighted by molar-refractivity contribution is 0.346. The van der Waals surface area contributed by atoms with E-state index in [1.165, 1.54) is 0 Å². The summed E-state index contributed by atoms with van der Waals surface area (Å²) in [4.78, 5) is 0. The van der Waals surface area contributed by atoms with Crippen LogP contribution in [0.3, 0.4) is 0 Å². The molecule has 0 amide bonds. The first-order valence-corrected chi connectivity index (χ1v) is 6.85. The van der Waals surface area contributed by atoms with Gasteiger partial charge in [0.05, 0.1) is 12.2 Å². The lowest BCUT2D eigenvalue weighted by Crippen LogP contribution is -2.26. The van der Waals surface area contributed by atoms with Crippen LogP contribution in [0.1, 0.15) is 32.4 Å². The third-order valence-electron chi connectivity index (χ3n) is 3.38. The molecule has 0 spiro atoms. The molecule has 1 atom stereocenters. The molecule has 7 heteroatoms. The van der Waals surface area contributed by atoms with E-state index in [0.29, 0.717) is 0 Å². The van der Waals surface area contributed by atoms with Crippen LogP contribution in [0.25, 0.3) is 5.65 Å². The highest BCUT2D eigenvalue weighted by molar-refractivity contribution is 5.44. The standard InChI is InChI=1S/C14H19N7/c1-14(2,3)13(10-7-16-20(4)8-10)17-11-5-6-12-18-15-9-21(12)19-11/h5-9,13H,1-4H3,(H,17,19). The molecule has 0 aliphatic heterocycles. The Hall–Kier alpha value is -2.44. The average molecular weight is 285 g/mol. The van der Waals surface area contributed by atoms with Gasteiger partial charge < -0.3 is 5.32 Å². The van der Waals surface area contributed by atoms with Crippen molar-refractivity contribution in [2.24, 2.45) is 12.5 Å². The van der Waals surface area contributed by atoms with Crippen LogP contribution in [0.4, 0.5) is 5.82 Å². The predicted molar refractivity (Wildman–Crippen MR) is 79.8 cm³/mol. The maximum atomic E-state index is 4.47. The van der Waals surface area contributed by atoms with E-state index in [1.54, 1.807) is 10.8 Å². The number of nitrogens with zero attached hydrogens (tertiary/aromatic N) is 6. The number of aryl methyl sites for hydroxylation is 1. The van der Waals surface area contributed by atoms with E-state index in [-0.39, 0.29) is 11.5 Å². The highest BCUT2D eigenvalue weighted by Gasteiger charge is 2.27. The van der Waals surface area contributed by atoms with Gasteiger partial charge in [-0.3, -0.25) is 4.68 Å². The van der Waals surface area contributed by atoms with E-state index in [4.69, 9.17) is 0 Å². The third-order valence-corrected chi connectivity index (χ3v) is 3.38. The van der Waals surface area contributed by atoms with Gasteiger partial charge in [0.2, 0.25) is 0 Å². The van der Waals surface area contributed by atoms with E-state index in [1.807, 2.05) is 36.3 Å². The third kappa shape index (κ3) is 2.72. The first kappa shape index (κ1) is 13.5. The molecular weight excluding hydrogens is 266 g/mol. The largest absolute Gasteiger partial charge is 0.361 e. The normalized spacial score (nSPS) is 13.5. The zero-order chi connectivity index (χ0) is 15.0. The maximum absolute atomic E-state index is 4.47. The Kier molecular flexibility index (Phi) is 3.12. The Bertz CT molecular complexity index is 750. The molecule has 21 heavy (non-hydrogen) atoms. The van der Waals surface area contributed by atoms with E-state index < -0.39 is 0 Å². The van der Waals surface area contributed by atoms with Crippen molar-refractivity contribution in [2.45, 2.75) is 26.8 Å². The Labute approximate surface area is 123 Å². The predicted octanol–water partition coefficient (Wildman–Crippen LogP) is 2.06. The van der Waals surface area contributed by atoms with E-state index >= 15 is 0 Å². The summed E-state index contributed by atoms with van der Waals surface area (Å²) in [5, 5.41) is 20.0. The summed E-state index contributed by atoms with van der Waals surface area (Å²) in [5.74, 6) is 0.783. The van der Waals surface area contributed by atoms with Crippen LogP contribution in [0.2, 0.25) is 0 Å². The fraction of sp³-hybridized carbons (Fsp3) is 0.429. The molecule has 0 saturated carbocycles. The SMILES string of the molecule is Cn1cc(C(Nc2ccc3nncn3n2)C(C)(C)C)cn1. The van der Waals surface area contributed by atoms with E-state index in [9.17, 15) is 0 Å². The lowest BCUT2D eigenvalue weighted by Gasteiger charge is -2.31. The summed E-state index contributed by atoms with van der Waals surface area (Å²) in [6.45, 7) is 6.57. The van der Waals surface area contributed by atoms with Crippen LogP contribution in [-0.4, -0.2) is 29.6 Å². The zero-order valence-electron chi connectivity index (χ0n) is 12.6. The summed E-state index contributed by atoms with van der Waals surface area (Å²) in [6.07, 6.45) is 5.51. The van der Waals surface area contributed by atoms with Gasteiger partial charge in [0, 0.05) is 18.8 Å². The topological polar surface area (TPSA) is 72.9 Å². The molecule has 0 saturated heterocycles. The highest BCUT2D eigenvalue weighted by atomic mass is 15.4. The van der Waals surface area contributed by atoms with Crippen molar-refractivity contribution in [1.29, 1.82) is 0 Å². The molecule has 110 valence electrons. The van der Waals surface area contributed by atoms with Crippen molar-refractivity contribution in [3.8, 4) is 0 Å². The van der Waals surface area contributed by atoms with Gasteiger partial charge in [-0.1, -0.05) is 20.8 Å². The summed E-state index contributed by atoms with van der Waals surface area (Å²) in [6, 6.07) is 3.91. The number of nitrogens with one attached hydrogen (secondary N) is 1. The Morgan fingerprint density at radius 1 is 1.24 bits per heavy atom. The molecule has 0 fully saturated rings. The van der Waals surface area contributed by atoms with Crippen molar-refractivity contribution in [1.82, 2.24) is 29.6 Å². The molecule has 3 aromatic rings. The minimum absolute atomic E-state index is 0.0207. The summed E-state index contributed by atoms with van der Waals surface area (Å²) in [7, 11) is 1.92. The van der Waals surface area contributed by atoms with Gasteiger partial charge in [0.1, 0.15) is 12.1 Å². The monoisotopic (exact) mass is 285 g/mol. The van der Waals surface area contributed by atoms with Crippen LogP contribution in [0.5, 0.6) is 0 Å². The van der Waals surface area contributed by atoms with Gasteiger partial charge in [-0.2, -0.15) is 9.61 Å². The quantitative estimate of drug-likeness (QED) is 0.797. The molecule has 3 heterocycles. The average Bonchev–Trinajstić information content (AvgIpc) is 3.02. The Balaban J connectivity index is 1.94. The summed E-state index contributed by atoms with van der Waals surface area (Å²) >= 11 is 0. The summed E-state index contributed by atoms with van der Waals surface area (Å²) in [5.41, 5.74) is 1.89. The van der Waals surface area contributed by atoms with Gasteiger partial charge in [-0.05, 0) is 17.5 Å². The van der Waals surface area contributed by atoms with Crippen LogP contribution < -0.4 is 5.32 Å². The van der Waals surface area contributed by atoms with Crippen LogP contribution >= 0.6 is 0 Å². The second kappa shape index (κ2) is 4.83. The molecule has 0 bridgehead atoms. The van der Waals surface area contributed by atoms with Crippen molar-refractivity contribution in [3.63, 3.8) is 0 Å². The van der Waals surface area contributed by atoms with Crippen molar-refractivity contribution >= 4 is 11.5 Å². The minimum atomic E-state index is 0.0207. The van der Waals surface area contributed by atoms with E-state index in [2.05, 4.69) is 46.5 Å². The molecule has 0 aliphatic carbocycles. The summed E-state index contributed by atoms with van der Waals surface area (Å²) < 4.78 is 3.47. The minimum Gasteiger partial charge on any atom is -0.361 e. The van der Waals surface area contributed by atoms with Gasteiger partial charge >= 0.3 is 0 Å². The Morgan fingerprint density at radius 2 is 2.05 bits per heavy atom. The fourth-order valence-corrected chi connectivity index (χ4v) is 2.34. The number of hydrogen-bond acceptors (Lipinski definition) is 5. The first-order chi connectivity index (χ1) is 9.93. The van der Waals surface area contributed by atoms with Gasteiger partial charge in [0.25, 0.3) is 0 Å². The molecule has 0 radical (unpaired) electrons. The van der Waals surface area contributed by atoms with Gasteiger partial charge in [-0.15, -0.1) is 15.3 Å². The van der Waals surface area contributed by atoms with Crippen molar-refractivity contribution < 1.29 is 0 Å². The van der Waals surface area contributed by atoms with E-state index in [0.717, 1.165) is 17.0 Å². The molecule has 1 N–H and O–H groups in total. The second-order valence-corrected chi connectivity index (χ2v) is 6.24. The smallest absolute Gasteiger partial charge is 0.177 e. The molecule has 0 aliphatic rings. The fourth-order valence-electron chi connectivity index (χ4n) is 2.34. The highest BCUT2D eigenvalue weighted by Crippen LogP contribution is 2.35. The molecule has 3 aromatic heterocycles. The lowest BCUT2D eigenvalue weighted by atomic mass is 9.83. The van der Waals surface area contributed by atoms with Gasteiger partial charge in [-0.25, -0.2) is 0 Å². The molecule has 1 unspecified atom stereocenters. The molecule has 0 aromatic carbocycles.